The number of amides is 1. The van der Waals surface area contributed by atoms with E-state index in [1.165, 1.54) is 5.56 Å². The average molecular weight is 310 g/mol. The Kier molecular flexibility index (Phi) is 5.22. The lowest BCUT2D eigenvalue weighted by atomic mass is 10.1. The second-order valence-corrected chi connectivity index (χ2v) is 7.66. The third kappa shape index (κ3) is 4.74. The molecular formula is C15H22N2O3S. The van der Waals surface area contributed by atoms with Gasteiger partial charge in [0.15, 0.2) is 9.84 Å². The highest BCUT2D eigenvalue weighted by atomic mass is 32.2. The zero-order valence-corrected chi connectivity index (χ0v) is 13.1. The first-order valence-corrected chi connectivity index (χ1v) is 9.14. The second-order valence-electron chi connectivity index (χ2n) is 5.43. The summed E-state index contributed by atoms with van der Waals surface area (Å²) >= 11 is 0. The molecule has 5 nitrogen and oxygen atoms in total. The lowest BCUT2D eigenvalue weighted by Crippen LogP contribution is -2.39. The van der Waals surface area contributed by atoms with E-state index in [0.717, 1.165) is 18.5 Å². The van der Waals surface area contributed by atoms with Crippen molar-refractivity contribution in [3.05, 3.63) is 29.8 Å². The number of nitrogens with one attached hydrogen (secondary N) is 2. The maximum absolute atomic E-state index is 11.9. The number of aryl methyl sites for hydroxylation is 1. The molecule has 2 rings (SSSR count). The normalized spacial score (nSPS) is 20.1. The Balaban J connectivity index is 1.84. The fourth-order valence-corrected chi connectivity index (χ4v) is 4.22. The van der Waals surface area contributed by atoms with Crippen molar-refractivity contribution in [2.24, 2.45) is 0 Å². The minimum Gasteiger partial charge on any atom is -0.376 e. The molecule has 0 radical (unpaired) electrons. The highest BCUT2D eigenvalue weighted by Gasteiger charge is 2.28. The van der Waals surface area contributed by atoms with Crippen molar-refractivity contribution in [3.63, 3.8) is 0 Å². The number of benzene rings is 1. The van der Waals surface area contributed by atoms with Crippen molar-refractivity contribution in [1.82, 2.24) is 5.32 Å². The summed E-state index contributed by atoms with van der Waals surface area (Å²) in [7, 11) is -2.96. The summed E-state index contributed by atoms with van der Waals surface area (Å²) in [6.07, 6.45) is 2.52. The highest BCUT2D eigenvalue weighted by molar-refractivity contribution is 7.91. The standard InChI is InChI=1S/C15H22N2O3S/c1-2-5-12-6-3-4-7-14(12)16-10-15(18)17-13-8-9-21(19,20)11-13/h3-4,6-7,13,16H,2,5,8-11H2,1H3,(H,17,18)/t13-/m0/s1. The van der Waals surface area contributed by atoms with Crippen LogP contribution in [0.15, 0.2) is 24.3 Å². The van der Waals surface area contributed by atoms with Crippen LogP contribution in [0.1, 0.15) is 25.3 Å². The van der Waals surface area contributed by atoms with Gasteiger partial charge < -0.3 is 10.6 Å². The summed E-state index contributed by atoms with van der Waals surface area (Å²) in [5.41, 5.74) is 2.16. The molecule has 1 aromatic carbocycles. The highest BCUT2D eigenvalue weighted by Crippen LogP contribution is 2.16. The van der Waals surface area contributed by atoms with Crippen LogP contribution < -0.4 is 10.6 Å². The van der Waals surface area contributed by atoms with Crippen LogP contribution in [0.2, 0.25) is 0 Å². The van der Waals surface area contributed by atoms with E-state index in [1.54, 1.807) is 0 Å². The fraction of sp³-hybridized carbons (Fsp3) is 0.533. The Hall–Kier alpha value is -1.56. The Morgan fingerprint density at radius 2 is 2.10 bits per heavy atom. The molecule has 0 aliphatic carbocycles. The molecule has 1 heterocycles. The van der Waals surface area contributed by atoms with Crippen molar-refractivity contribution in [3.8, 4) is 0 Å². The van der Waals surface area contributed by atoms with Crippen molar-refractivity contribution in [2.75, 3.05) is 23.4 Å². The Bertz CT molecular complexity index is 599. The van der Waals surface area contributed by atoms with E-state index in [0.29, 0.717) is 6.42 Å². The minimum absolute atomic E-state index is 0.0607. The molecule has 116 valence electrons. The predicted molar refractivity (Wildman–Crippen MR) is 84.1 cm³/mol. The first-order valence-electron chi connectivity index (χ1n) is 7.32. The van der Waals surface area contributed by atoms with Crippen LogP contribution in [0.3, 0.4) is 0 Å². The van der Waals surface area contributed by atoms with Crippen molar-refractivity contribution < 1.29 is 13.2 Å². The van der Waals surface area contributed by atoms with Gasteiger partial charge in [0.2, 0.25) is 5.91 Å². The van der Waals surface area contributed by atoms with Gasteiger partial charge in [0.25, 0.3) is 0 Å². The summed E-state index contributed by atoms with van der Waals surface area (Å²) < 4.78 is 22.7. The van der Waals surface area contributed by atoms with Gasteiger partial charge in [0.1, 0.15) is 0 Å². The molecule has 21 heavy (non-hydrogen) atoms. The first kappa shape index (κ1) is 15.8. The molecular weight excluding hydrogens is 288 g/mol. The molecule has 0 unspecified atom stereocenters. The number of sulfone groups is 1. The molecule has 1 aliphatic rings. The zero-order chi connectivity index (χ0) is 15.3. The van der Waals surface area contributed by atoms with Crippen LogP contribution in [-0.4, -0.2) is 38.4 Å². The van der Waals surface area contributed by atoms with Gasteiger partial charge in [0.05, 0.1) is 18.1 Å². The lowest BCUT2D eigenvalue weighted by molar-refractivity contribution is -0.119. The van der Waals surface area contributed by atoms with Crippen LogP contribution >= 0.6 is 0 Å². The number of carbonyl (C=O) groups excluding carboxylic acids is 1. The Labute approximate surface area is 126 Å². The maximum atomic E-state index is 11.9. The second kappa shape index (κ2) is 6.93. The third-order valence-electron chi connectivity index (χ3n) is 3.57. The van der Waals surface area contributed by atoms with E-state index in [1.807, 2.05) is 24.3 Å². The molecule has 1 fully saturated rings. The molecule has 1 amide bonds. The average Bonchev–Trinajstić information content (AvgIpc) is 2.77. The molecule has 0 spiro atoms. The van der Waals surface area contributed by atoms with Gasteiger partial charge in [-0.15, -0.1) is 0 Å². The minimum atomic E-state index is -2.96. The largest absolute Gasteiger partial charge is 0.376 e. The summed E-state index contributed by atoms with van der Waals surface area (Å²) in [5.74, 6) is 0.0685. The first-order chi connectivity index (χ1) is 10.00. The van der Waals surface area contributed by atoms with Crippen LogP contribution in [0.4, 0.5) is 5.69 Å². The summed E-state index contributed by atoms with van der Waals surface area (Å²) in [4.78, 5) is 11.9. The van der Waals surface area contributed by atoms with Crippen molar-refractivity contribution >= 4 is 21.4 Å². The monoisotopic (exact) mass is 310 g/mol. The van der Waals surface area contributed by atoms with Gasteiger partial charge in [-0.3, -0.25) is 4.79 Å². The van der Waals surface area contributed by atoms with Gasteiger partial charge >= 0.3 is 0 Å². The number of hydrogen-bond acceptors (Lipinski definition) is 4. The van der Waals surface area contributed by atoms with E-state index in [4.69, 9.17) is 0 Å². The van der Waals surface area contributed by atoms with E-state index < -0.39 is 9.84 Å². The number of anilines is 1. The van der Waals surface area contributed by atoms with E-state index in [2.05, 4.69) is 17.6 Å². The van der Waals surface area contributed by atoms with Gasteiger partial charge in [-0.25, -0.2) is 8.42 Å². The van der Waals surface area contributed by atoms with Crippen molar-refractivity contribution in [1.29, 1.82) is 0 Å². The van der Waals surface area contributed by atoms with Gasteiger partial charge in [-0.1, -0.05) is 31.5 Å². The molecule has 1 atom stereocenters. The van der Waals surface area contributed by atoms with Crippen LogP contribution in [0, 0.1) is 0 Å². The molecule has 1 aliphatic heterocycles. The van der Waals surface area contributed by atoms with Crippen LogP contribution in [-0.2, 0) is 21.1 Å². The Morgan fingerprint density at radius 1 is 1.33 bits per heavy atom. The molecule has 0 aromatic heterocycles. The van der Waals surface area contributed by atoms with Gasteiger partial charge in [-0.05, 0) is 24.5 Å². The summed E-state index contributed by atoms with van der Waals surface area (Å²) in [5, 5.41) is 5.91. The summed E-state index contributed by atoms with van der Waals surface area (Å²) in [6.45, 7) is 2.28. The summed E-state index contributed by atoms with van der Waals surface area (Å²) in [6, 6.07) is 7.68. The predicted octanol–water partition coefficient (Wildman–Crippen LogP) is 1.35. The van der Waals surface area contributed by atoms with Gasteiger partial charge in [0, 0.05) is 11.7 Å². The molecule has 1 aromatic rings. The van der Waals surface area contributed by atoms with Crippen LogP contribution in [0.25, 0.3) is 0 Å². The number of para-hydroxylation sites is 1. The van der Waals surface area contributed by atoms with Gasteiger partial charge in [-0.2, -0.15) is 0 Å². The molecule has 0 bridgehead atoms. The lowest BCUT2D eigenvalue weighted by Gasteiger charge is -2.14. The van der Waals surface area contributed by atoms with E-state index in [-0.39, 0.29) is 30.0 Å². The topological polar surface area (TPSA) is 75.3 Å². The fourth-order valence-electron chi connectivity index (χ4n) is 2.54. The molecule has 6 heteroatoms. The molecule has 1 saturated heterocycles. The SMILES string of the molecule is CCCc1ccccc1NCC(=O)N[C@H]1CCS(=O)(=O)C1. The quantitative estimate of drug-likeness (QED) is 0.832. The van der Waals surface area contributed by atoms with Crippen molar-refractivity contribution in [2.45, 2.75) is 32.2 Å². The molecule has 2 N–H and O–H groups in total. The maximum Gasteiger partial charge on any atom is 0.239 e. The number of hydrogen-bond donors (Lipinski definition) is 2. The zero-order valence-electron chi connectivity index (χ0n) is 12.3. The smallest absolute Gasteiger partial charge is 0.239 e. The number of carbonyl (C=O) groups is 1. The number of rotatable bonds is 6. The Morgan fingerprint density at radius 3 is 2.76 bits per heavy atom. The van der Waals surface area contributed by atoms with E-state index >= 15 is 0 Å². The van der Waals surface area contributed by atoms with Crippen LogP contribution in [0.5, 0.6) is 0 Å². The van der Waals surface area contributed by atoms with E-state index in [9.17, 15) is 13.2 Å². The molecule has 0 saturated carbocycles. The third-order valence-corrected chi connectivity index (χ3v) is 5.34.